The lowest BCUT2D eigenvalue weighted by Gasteiger charge is -2.38. The van der Waals surface area contributed by atoms with Crippen LogP contribution in [0.15, 0.2) is 59.9 Å². The van der Waals surface area contributed by atoms with E-state index in [1.54, 1.807) is 36.7 Å². The first kappa shape index (κ1) is 23.1. The van der Waals surface area contributed by atoms with E-state index in [4.69, 9.17) is 11.6 Å². The largest absolute Gasteiger partial charge is 0.301 e. The van der Waals surface area contributed by atoms with E-state index in [1.165, 1.54) is 5.56 Å². The molecular weight excluding hydrogens is 446 g/mol. The fourth-order valence-electron chi connectivity index (χ4n) is 4.14. The molecule has 1 N–H and O–H groups in total. The highest BCUT2D eigenvalue weighted by molar-refractivity contribution is 7.89. The summed E-state index contributed by atoms with van der Waals surface area (Å²) in [5.74, 6) is 0. The van der Waals surface area contributed by atoms with E-state index in [9.17, 15) is 8.42 Å². The molecule has 0 aliphatic carbocycles. The first-order chi connectivity index (χ1) is 15.4. The molecule has 32 heavy (non-hydrogen) atoms. The first-order valence-electron chi connectivity index (χ1n) is 10.8. The first-order valence-corrected chi connectivity index (χ1v) is 12.7. The van der Waals surface area contributed by atoms with Crippen molar-refractivity contribution in [3.05, 3.63) is 65.6 Å². The monoisotopic (exact) mass is 473 g/mol. The van der Waals surface area contributed by atoms with Crippen LogP contribution in [-0.2, 0) is 16.4 Å². The molecule has 1 saturated heterocycles. The molecule has 0 spiro atoms. The normalized spacial score (nSPS) is 16.9. The zero-order valence-electron chi connectivity index (χ0n) is 18.1. The van der Waals surface area contributed by atoms with Gasteiger partial charge in [-0.3, -0.25) is 14.9 Å². The van der Waals surface area contributed by atoms with Gasteiger partial charge in [-0.1, -0.05) is 17.7 Å². The molecule has 1 atom stereocenters. The van der Waals surface area contributed by atoms with E-state index in [0.29, 0.717) is 15.9 Å². The number of aromatic nitrogens is 2. The van der Waals surface area contributed by atoms with Crippen molar-refractivity contribution >= 4 is 32.5 Å². The van der Waals surface area contributed by atoms with Gasteiger partial charge in [0.2, 0.25) is 10.0 Å². The molecule has 0 amide bonds. The van der Waals surface area contributed by atoms with Crippen LogP contribution in [0, 0.1) is 0 Å². The van der Waals surface area contributed by atoms with Crippen LogP contribution in [-0.4, -0.2) is 67.1 Å². The maximum Gasteiger partial charge on any atom is 0.242 e. The number of nitrogens with zero attached hydrogens (tertiary/aromatic N) is 4. The Balaban J connectivity index is 1.32. The van der Waals surface area contributed by atoms with Gasteiger partial charge in [0, 0.05) is 50.2 Å². The predicted molar refractivity (Wildman–Crippen MR) is 127 cm³/mol. The summed E-state index contributed by atoms with van der Waals surface area (Å²) >= 11 is 6.20. The molecule has 0 bridgehead atoms. The van der Waals surface area contributed by atoms with Crippen molar-refractivity contribution in [2.75, 3.05) is 32.7 Å². The zero-order chi connectivity index (χ0) is 22.6. The van der Waals surface area contributed by atoms with E-state index < -0.39 is 10.0 Å². The quantitative estimate of drug-likeness (QED) is 0.541. The van der Waals surface area contributed by atoms with Crippen molar-refractivity contribution in [1.82, 2.24) is 24.5 Å². The molecule has 1 unspecified atom stereocenters. The lowest BCUT2D eigenvalue weighted by Crippen LogP contribution is -2.54. The van der Waals surface area contributed by atoms with E-state index in [1.807, 2.05) is 19.2 Å². The summed E-state index contributed by atoms with van der Waals surface area (Å²) in [5.41, 5.74) is 1.75. The van der Waals surface area contributed by atoms with Crippen molar-refractivity contribution in [2.24, 2.45) is 0 Å². The Morgan fingerprint density at radius 2 is 1.88 bits per heavy atom. The Labute approximate surface area is 194 Å². The van der Waals surface area contributed by atoms with Crippen molar-refractivity contribution in [3.8, 4) is 0 Å². The van der Waals surface area contributed by atoms with Crippen LogP contribution in [0.2, 0.25) is 5.02 Å². The summed E-state index contributed by atoms with van der Waals surface area (Å²) in [7, 11) is -3.72. The van der Waals surface area contributed by atoms with Gasteiger partial charge in [0.25, 0.3) is 0 Å². The van der Waals surface area contributed by atoms with Gasteiger partial charge < -0.3 is 4.90 Å². The average molecular weight is 474 g/mol. The van der Waals surface area contributed by atoms with Gasteiger partial charge in [0.1, 0.15) is 0 Å². The van der Waals surface area contributed by atoms with Gasteiger partial charge in [-0.25, -0.2) is 8.42 Å². The van der Waals surface area contributed by atoms with Crippen molar-refractivity contribution in [1.29, 1.82) is 0 Å². The van der Waals surface area contributed by atoms with Crippen LogP contribution >= 0.6 is 11.6 Å². The second kappa shape index (κ2) is 10.2. The summed E-state index contributed by atoms with van der Waals surface area (Å²) in [6, 6.07) is 10.7. The number of aryl methyl sites for hydroxylation is 1. The van der Waals surface area contributed by atoms with E-state index in [-0.39, 0.29) is 11.1 Å². The van der Waals surface area contributed by atoms with E-state index in [0.717, 1.165) is 45.6 Å². The molecule has 9 heteroatoms. The fraction of sp³-hybridized carbons (Fsp3) is 0.391. The van der Waals surface area contributed by atoms with Gasteiger partial charge in [0.15, 0.2) is 0 Å². The number of rotatable bonds is 8. The molecule has 0 saturated carbocycles. The molecule has 1 fully saturated rings. The molecule has 3 heterocycles. The highest BCUT2D eigenvalue weighted by atomic mass is 35.5. The van der Waals surface area contributed by atoms with Gasteiger partial charge in [0.05, 0.1) is 21.6 Å². The summed E-state index contributed by atoms with van der Waals surface area (Å²) in [5, 5.41) is 0.963. The van der Waals surface area contributed by atoms with Gasteiger partial charge in [-0.2, -0.15) is 4.72 Å². The smallest absolute Gasteiger partial charge is 0.242 e. The minimum atomic E-state index is -3.72. The van der Waals surface area contributed by atoms with Gasteiger partial charge >= 0.3 is 0 Å². The molecule has 0 radical (unpaired) electrons. The third kappa shape index (κ3) is 5.44. The highest BCUT2D eigenvalue weighted by Gasteiger charge is 2.26. The standard InChI is InChI=1S/C23H28ClN5O2S/c1-18(27-32(30,31)22-9-8-21(24)23-20(22)7-3-11-26-23)29-15-13-28(14-16-29)12-4-6-19-5-2-10-25-17-19/h2-3,5,7-11,17-18,27H,4,6,12-16H2,1H3. The number of hydrogen-bond donors (Lipinski definition) is 1. The topological polar surface area (TPSA) is 78.4 Å². The average Bonchev–Trinajstić information content (AvgIpc) is 2.80. The van der Waals surface area contributed by atoms with Crippen LogP contribution in [0.4, 0.5) is 0 Å². The molecule has 1 aromatic carbocycles. The zero-order valence-corrected chi connectivity index (χ0v) is 19.7. The van der Waals surface area contributed by atoms with Gasteiger partial charge in [-0.15, -0.1) is 0 Å². The number of sulfonamides is 1. The molecule has 1 aliphatic rings. The molecule has 4 rings (SSSR count). The molecule has 2 aromatic heterocycles. The third-order valence-electron chi connectivity index (χ3n) is 5.91. The van der Waals surface area contributed by atoms with Crippen molar-refractivity contribution < 1.29 is 8.42 Å². The fourth-order valence-corrected chi connectivity index (χ4v) is 5.78. The summed E-state index contributed by atoms with van der Waals surface area (Å²) in [6.07, 6.45) is 7.13. The minimum Gasteiger partial charge on any atom is -0.301 e. The van der Waals surface area contributed by atoms with Crippen molar-refractivity contribution in [3.63, 3.8) is 0 Å². The summed E-state index contributed by atoms with van der Waals surface area (Å²) in [4.78, 5) is 13.2. The minimum absolute atomic E-state index is 0.200. The second-order valence-corrected chi connectivity index (χ2v) is 10.2. The number of halogens is 1. The lowest BCUT2D eigenvalue weighted by atomic mass is 10.1. The second-order valence-electron chi connectivity index (χ2n) is 8.08. The lowest BCUT2D eigenvalue weighted by molar-refractivity contribution is 0.0974. The molecule has 1 aliphatic heterocycles. The van der Waals surface area contributed by atoms with Crippen LogP contribution < -0.4 is 4.72 Å². The van der Waals surface area contributed by atoms with E-state index in [2.05, 4.69) is 30.6 Å². The summed E-state index contributed by atoms with van der Waals surface area (Å²) in [6.45, 7) is 6.41. The highest BCUT2D eigenvalue weighted by Crippen LogP contribution is 2.27. The molecule has 170 valence electrons. The third-order valence-corrected chi connectivity index (χ3v) is 7.80. The van der Waals surface area contributed by atoms with Crippen LogP contribution in [0.25, 0.3) is 10.9 Å². The predicted octanol–water partition coefficient (Wildman–Crippen LogP) is 3.16. The maximum atomic E-state index is 13.1. The Bertz CT molecular complexity index is 1150. The van der Waals surface area contributed by atoms with Crippen molar-refractivity contribution in [2.45, 2.75) is 30.8 Å². The van der Waals surface area contributed by atoms with Crippen LogP contribution in [0.1, 0.15) is 18.9 Å². The molecule has 7 nitrogen and oxygen atoms in total. The Morgan fingerprint density at radius 3 is 2.62 bits per heavy atom. The Morgan fingerprint density at radius 1 is 1.09 bits per heavy atom. The maximum absolute atomic E-state index is 13.1. The number of nitrogens with one attached hydrogen (secondary N) is 1. The molecule has 3 aromatic rings. The van der Waals surface area contributed by atoms with Gasteiger partial charge in [-0.05, 0) is 62.2 Å². The Hall–Kier alpha value is -2.10. The Kier molecular flexibility index (Phi) is 7.37. The van der Waals surface area contributed by atoms with Crippen LogP contribution in [0.3, 0.4) is 0 Å². The number of fused-ring (bicyclic) bond motifs is 1. The number of piperazine rings is 1. The van der Waals surface area contributed by atoms with Crippen LogP contribution in [0.5, 0.6) is 0 Å². The molecular formula is C23H28ClN5O2S. The SMILES string of the molecule is CC(NS(=O)(=O)c1ccc(Cl)c2ncccc12)N1CCN(CCCc2cccnc2)CC1. The number of pyridine rings is 2. The number of hydrogen-bond acceptors (Lipinski definition) is 6. The number of benzene rings is 1. The van der Waals surface area contributed by atoms with E-state index >= 15 is 0 Å². The summed E-state index contributed by atoms with van der Waals surface area (Å²) < 4.78 is 29.1.